The molecule has 0 bridgehead atoms. The fourth-order valence-corrected chi connectivity index (χ4v) is 1.41. The second-order valence-corrected chi connectivity index (χ2v) is 3.21. The molecule has 0 saturated heterocycles. The Kier molecular flexibility index (Phi) is 2.38. The third-order valence-electron chi connectivity index (χ3n) is 2.18. The van der Waals surface area contributed by atoms with Crippen molar-refractivity contribution in [3.63, 3.8) is 0 Å². The zero-order valence-electron chi connectivity index (χ0n) is 8.01. The minimum atomic E-state index is 0.250. The molecule has 0 aliphatic rings. The van der Waals surface area contributed by atoms with E-state index >= 15 is 0 Å². The van der Waals surface area contributed by atoms with Gasteiger partial charge in [-0.05, 0) is 29.3 Å². The minimum absolute atomic E-state index is 0.250. The second-order valence-electron chi connectivity index (χ2n) is 3.21. The van der Waals surface area contributed by atoms with E-state index in [-0.39, 0.29) is 5.75 Å². The Morgan fingerprint density at radius 1 is 0.933 bits per heavy atom. The van der Waals surface area contributed by atoms with Crippen molar-refractivity contribution in [2.45, 2.75) is 0 Å². The number of hydrogen-bond acceptors (Lipinski definition) is 1. The Morgan fingerprint density at radius 3 is 2.33 bits per heavy atom. The summed E-state index contributed by atoms with van der Waals surface area (Å²) >= 11 is 0. The number of phenolic OH excluding ortho intramolecular Hbond substituents is 1. The maximum Gasteiger partial charge on any atom is 0.187 e. The van der Waals surface area contributed by atoms with Crippen LogP contribution in [0.25, 0.3) is 16.0 Å². The van der Waals surface area contributed by atoms with Gasteiger partial charge in [-0.25, -0.2) is 4.85 Å². The van der Waals surface area contributed by atoms with E-state index in [0.29, 0.717) is 5.69 Å². The third kappa shape index (κ3) is 1.97. The lowest BCUT2D eigenvalue weighted by Gasteiger charge is -2.01. The third-order valence-corrected chi connectivity index (χ3v) is 2.18. The van der Waals surface area contributed by atoms with E-state index in [1.54, 1.807) is 18.2 Å². The van der Waals surface area contributed by atoms with Gasteiger partial charge in [0.1, 0.15) is 5.75 Å². The summed E-state index contributed by atoms with van der Waals surface area (Å²) < 4.78 is 0. The molecule has 0 atom stereocenters. The molecule has 2 aromatic rings. The van der Waals surface area contributed by atoms with Crippen LogP contribution < -0.4 is 0 Å². The van der Waals surface area contributed by atoms with E-state index in [1.165, 1.54) is 0 Å². The summed E-state index contributed by atoms with van der Waals surface area (Å²) in [7, 11) is 0. The standard InChI is InChI=1S/C13H9NO/c1-14-12-4-2-3-11(9-12)10-5-7-13(15)8-6-10/h2-9,15H. The molecule has 0 unspecified atom stereocenters. The maximum atomic E-state index is 9.16. The number of nitrogens with zero attached hydrogens (tertiary/aromatic N) is 1. The van der Waals surface area contributed by atoms with Crippen molar-refractivity contribution in [3.8, 4) is 16.9 Å². The lowest BCUT2D eigenvalue weighted by atomic mass is 10.1. The first-order valence-electron chi connectivity index (χ1n) is 4.56. The SMILES string of the molecule is [C-]#[N+]c1cccc(-c2ccc(O)cc2)c1. The molecule has 2 aromatic carbocycles. The predicted octanol–water partition coefficient (Wildman–Crippen LogP) is 3.61. The summed E-state index contributed by atoms with van der Waals surface area (Å²) in [4.78, 5) is 3.37. The van der Waals surface area contributed by atoms with Crippen molar-refractivity contribution in [3.05, 3.63) is 59.9 Å². The Bertz CT molecular complexity index is 509. The number of hydrogen-bond donors (Lipinski definition) is 1. The van der Waals surface area contributed by atoms with Gasteiger partial charge < -0.3 is 5.11 Å². The van der Waals surface area contributed by atoms with Crippen LogP contribution in [0.2, 0.25) is 0 Å². The fourth-order valence-electron chi connectivity index (χ4n) is 1.41. The topological polar surface area (TPSA) is 24.6 Å². The summed E-state index contributed by atoms with van der Waals surface area (Å²) in [6.45, 7) is 6.92. The summed E-state index contributed by atoms with van der Waals surface area (Å²) in [5.74, 6) is 0.250. The van der Waals surface area contributed by atoms with Gasteiger partial charge in [0.25, 0.3) is 0 Å². The minimum Gasteiger partial charge on any atom is -0.508 e. The maximum absolute atomic E-state index is 9.16. The van der Waals surface area contributed by atoms with Crippen LogP contribution in [0.3, 0.4) is 0 Å². The average Bonchev–Trinajstić information content (AvgIpc) is 2.30. The lowest BCUT2D eigenvalue weighted by molar-refractivity contribution is 0.475. The zero-order valence-corrected chi connectivity index (χ0v) is 8.01. The van der Waals surface area contributed by atoms with Crippen LogP contribution in [-0.4, -0.2) is 5.11 Å². The Hall–Kier alpha value is -2.27. The lowest BCUT2D eigenvalue weighted by Crippen LogP contribution is -1.75. The predicted molar refractivity (Wildman–Crippen MR) is 59.8 cm³/mol. The number of benzene rings is 2. The summed E-state index contributed by atoms with van der Waals surface area (Å²) in [5, 5.41) is 9.16. The van der Waals surface area contributed by atoms with Gasteiger partial charge in [0, 0.05) is 0 Å². The Labute approximate surface area is 88.3 Å². The van der Waals surface area contributed by atoms with Crippen LogP contribution in [0, 0.1) is 6.57 Å². The highest BCUT2D eigenvalue weighted by atomic mass is 16.3. The van der Waals surface area contributed by atoms with Crippen molar-refractivity contribution >= 4 is 5.69 Å². The van der Waals surface area contributed by atoms with E-state index in [9.17, 15) is 0 Å². The highest BCUT2D eigenvalue weighted by molar-refractivity contribution is 5.68. The highest BCUT2D eigenvalue weighted by Crippen LogP contribution is 2.25. The first-order valence-corrected chi connectivity index (χ1v) is 4.56. The van der Waals surface area contributed by atoms with E-state index in [2.05, 4.69) is 4.85 Å². The molecule has 72 valence electrons. The van der Waals surface area contributed by atoms with Crippen molar-refractivity contribution in [1.82, 2.24) is 0 Å². The van der Waals surface area contributed by atoms with Crippen molar-refractivity contribution in [1.29, 1.82) is 0 Å². The average molecular weight is 195 g/mol. The molecule has 0 heterocycles. The van der Waals surface area contributed by atoms with E-state index in [1.807, 2.05) is 30.3 Å². The fraction of sp³-hybridized carbons (Fsp3) is 0. The van der Waals surface area contributed by atoms with Crippen LogP contribution in [0.1, 0.15) is 0 Å². The van der Waals surface area contributed by atoms with Gasteiger partial charge in [-0.3, -0.25) is 0 Å². The van der Waals surface area contributed by atoms with Crippen LogP contribution in [0.5, 0.6) is 5.75 Å². The molecule has 0 fully saturated rings. The molecule has 1 N–H and O–H groups in total. The largest absolute Gasteiger partial charge is 0.508 e. The molecule has 0 aromatic heterocycles. The Balaban J connectivity index is 2.46. The van der Waals surface area contributed by atoms with E-state index < -0.39 is 0 Å². The normalized spacial score (nSPS) is 9.53. The molecule has 0 aliphatic heterocycles. The number of aromatic hydroxyl groups is 1. The molecule has 0 amide bonds. The molecule has 0 saturated carbocycles. The van der Waals surface area contributed by atoms with Crippen molar-refractivity contribution in [2.24, 2.45) is 0 Å². The number of rotatable bonds is 1. The van der Waals surface area contributed by atoms with Gasteiger partial charge in [-0.1, -0.05) is 30.3 Å². The number of phenols is 1. The molecule has 2 rings (SSSR count). The quantitative estimate of drug-likeness (QED) is 0.690. The first-order chi connectivity index (χ1) is 7.29. The van der Waals surface area contributed by atoms with E-state index in [0.717, 1.165) is 11.1 Å². The molecule has 2 nitrogen and oxygen atoms in total. The molecule has 0 spiro atoms. The van der Waals surface area contributed by atoms with Gasteiger partial charge in [-0.2, -0.15) is 0 Å². The van der Waals surface area contributed by atoms with Gasteiger partial charge >= 0.3 is 0 Å². The molecule has 15 heavy (non-hydrogen) atoms. The first kappa shape index (κ1) is 9.29. The molecular weight excluding hydrogens is 186 g/mol. The smallest absolute Gasteiger partial charge is 0.187 e. The second kappa shape index (κ2) is 3.85. The van der Waals surface area contributed by atoms with Crippen LogP contribution >= 0.6 is 0 Å². The highest BCUT2D eigenvalue weighted by Gasteiger charge is 1.98. The molecule has 0 radical (unpaired) electrons. The van der Waals surface area contributed by atoms with Gasteiger partial charge in [-0.15, -0.1) is 0 Å². The van der Waals surface area contributed by atoms with Gasteiger partial charge in [0.2, 0.25) is 0 Å². The van der Waals surface area contributed by atoms with E-state index in [4.69, 9.17) is 11.7 Å². The Morgan fingerprint density at radius 2 is 1.67 bits per heavy atom. The van der Waals surface area contributed by atoms with Gasteiger partial charge in [0.15, 0.2) is 5.69 Å². The van der Waals surface area contributed by atoms with Crippen LogP contribution in [0.4, 0.5) is 5.69 Å². The zero-order chi connectivity index (χ0) is 10.7. The monoisotopic (exact) mass is 195 g/mol. The molecule has 2 heteroatoms. The van der Waals surface area contributed by atoms with Crippen LogP contribution in [0.15, 0.2) is 48.5 Å². The van der Waals surface area contributed by atoms with Gasteiger partial charge in [0.05, 0.1) is 6.57 Å². The summed E-state index contributed by atoms with van der Waals surface area (Å²) in [6.07, 6.45) is 0. The summed E-state index contributed by atoms with van der Waals surface area (Å²) in [6, 6.07) is 14.4. The van der Waals surface area contributed by atoms with Crippen molar-refractivity contribution in [2.75, 3.05) is 0 Å². The van der Waals surface area contributed by atoms with Crippen LogP contribution in [-0.2, 0) is 0 Å². The molecule has 0 aliphatic carbocycles. The molecular formula is C13H9NO. The van der Waals surface area contributed by atoms with Crippen molar-refractivity contribution < 1.29 is 5.11 Å². The summed E-state index contributed by atoms with van der Waals surface area (Å²) in [5.41, 5.74) is 2.61.